The van der Waals surface area contributed by atoms with Crippen molar-refractivity contribution in [2.45, 2.75) is 13.8 Å². The van der Waals surface area contributed by atoms with Gasteiger partial charge in [0.25, 0.3) is 0 Å². The number of ether oxygens (including phenoxy) is 1. The number of hydrogen-bond acceptors (Lipinski definition) is 1. The van der Waals surface area contributed by atoms with Crippen LogP contribution in [0.4, 0.5) is 0 Å². The fraction of sp³-hybridized carbons (Fsp3) is 0.103. The summed E-state index contributed by atoms with van der Waals surface area (Å²) in [5.74, 6) is 0.890. The molecule has 4 rings (SSSR count). The molecule has 0 atom stereocenters. The molecule has 1 nitrogen and oxygen atoms in total. The van der Waals surface area contributed by atoms with Gasteiger partial charge in [0.2, 0.25) is 0 Å². The molecule has 0 heterocycles. The van der Waals surface area contributed by atoms with Crippen molar-refractivity contribution >= 4 is 47.8 Å². The average molecular weight is 548 g/mol. The summed E-state index contributed by atoms with van der Waals surface area (Å²) in [5, 5.41) is 0. The van der Waals surface area contributed by atoms with Gasteiger partial charge in [-0.25, -0.2) is 0 Å². The first-order valence-electron chi connectivity index (χ1n) is 10.6. The van der Waals surface area contributed by atoms with E-state index in [9.17, 15) is 0 Å². The van der Waals surface area contributed by atoms with Crippen LogP contribution in [0.1, 0.15) is 22.3 Å². The van der Waals surface area contributed by atoms with E-state index in [1.54, 1.807) is 7.11 Å². The Labute approximate surface area is 203 Å². The predicted octanol–water partition coefficient (Wildman–Crippen LogP) is 5.20. The number of benzene rings is 4. The van der Waals surface area contributed by atoms with E-state index in [1.807, 2.05) is 0 Å². The Hall–Kier alpha value is -2.54. The normalized spacial score (nSPS) is 11.7. The summed E-state index contributed by atoms with van der Waals surface area (Å²) in [5.41, 5.74) is 5.19. The van der Waals surface area contributed by atoms with Crippen LogP contribution < -0.4 is 13.7 Å². The molecule has 4 aromatic rings. The Bertz CT molecular complexity index is 1180. The molecule has 0 saturated heterocycles. The van der Waals surface area contributed by atoms with E-state index in [0.717, 1.165) is 5.75 Å². The molecule has 0 aliphatic rings. The van der Waals surface area contributed by atoms with E-state index in [-0.39, 0.29) is 29.9 Å². The van der Waals surface area contributed by atoms with Gasteiger partial charge in [0.1, 0.15) is 0 Å². The van der Waals surface area contributed by atoms with Crippen molar-refractivity contribution in [3.8, 4) is 5.75 Å². The third-order valence-corrected chi connectivity index (χ3v) is 10.6. The van der Waals surface area contributed by atoms with Crippen LogP contribution in [0.2, 0.25) is 0 Å². The van der Waals surface area contributed by atoms with E-state index in [2.05, 4.69) is 117 Å². The molecule has 0 aliphatic carbocycles. The van der Waals surface area contributed by atoms with E-state index in [4.69, 9.17) is 4.74 Å². The fourth-order valence-corrected chi connectivity index (χ4v) is 8.24. The van der Waals surface area contributed by atoms with Crippen molar-refractivity contribution in [3.05, 3.63) is 125 Å². The maximum absolute atomic E-state index is 5.43. The Morgan fingerprint density at radius 3 is 1.41 bits per heavy atom. The van der Waals surface area contributed by atoms with Crippen LogP contribution in [-0.4, -0.2) is 37.0 Å². The standard InChI is InChI=1S/C29H26OSe2/c1-21-9-17-26(18-10-21)31-28(23-7-5-4-6-8-23)29(24-13-15-25(30-3)16-14-24)32-27-19-11-22(2)12-20-27/h4-20H,1-3H3/b29-28+. The maximum atomic E-state index is 5.43. The predicted molar refractivity (Wildman–Crippen MR) is 139 cm³/mol. The number of methoxy groups -OCH3 is 1. The van der Waals surface area contributed by atoms with Crippen LogP contribution in [-0.2, 0) is 0 Å². The second-order valence-electron chi connectivity index (χ2n) is 7.58. The zero-order valence-corrected chi connectivity index (χ0v) is 22.0. The molecule has 0 unspecified atom stereocenters. The first kappa shape index (κ1) is 22.6. The average Bonchev–Trinajstić information content (AvgIpc) is 2.84. The second kappa shape index (κ2) is 10.9. The summed E-state index contributed by atoms with van der Waals surface area (Å²) in [6.07, 6.45) is 0. The van der Waals surface area contributed by atoms with E-state index in [0.29, 0.717) is 0 Å². The van der Waals surface area contributed by atoms with Gasteiger partial charge in [-0.05, 0) is 0 Å². The van der Waals surface area contributed by atoms with Crippen LogP contribution in [0, 0.1) is 13.8 Å². The van der Waals surface area contributed by atoms with Crippen LogP contribution in [0.25, 0.3) is 8.94 Å². The molecule has 0 saturated carbocycles. The quantitative estimate of drug-likeness (QED) is 0.228. The molecular weight excluding hydrogens is 522 g/mol. The first-order valence-corrected chi connectivity index (χ1v) is 14.0. The monoisotopic (exact) mass is 550 g/mol. The van der Waals surface area contributed by atoms with Gasteiger partial charge in [0.15, 0.2) is 0 Å². The third kappa shape index (κ3) is 5.82. The summed E-state index contributed by atoms with van der Waals surface area (Å²) in [6, 6.07) is 37.4. The van der Waals surface area contributed by atoms with Gasteiger partial charge >= 0.3 is 205 Å². The second-order valence-corrected chi connectivity index (χ2v) is 12.1. The molecule has 0 bridgehead atoms. The molecule has 0 fully saturated rings. The van der Waals surface area contributed by atoms with Crippen molar-refractivity contribution in [2.24, 2.45) is 0 Å². The van der Waals surface area contributed by atoms with Gasteiger partial charge in [-0.2, -0.15) is 0 Å². The molecule has 0 aromatic heterocycles. The van der Waals surface area contributed by atoms with Crippen molar-refractivity contribution in [2.75, 3.05) is 7.11 Å². The van der Waals surface area contributed by atoms with Gasteiger partial charge in [-0.3, -0.25) is 0 Å². The van der Waals surface area contributed by atoms with Gasteiger partial charge in [0, 0.05) is 0 Å². The fourth-order valence-electron chi connectivity index (χ4n) is 3.25. The van der Waals surface area contributed by atoms with Crippen LogP contribution in [0.15, 0.2) is 103 Å². The molecule has 0 aliphatic heterocycles. The molecular formula is C29H26OSe2. The van der Waals surface area contributed by atoms with Crippen molar-refractivity contribution in [1.29, 1.82) is 0 Å². The van der Waals surface area contributed by atoms with Gasteiger partial charge < -0.3 is 0 Å². The Morgan fingerprint density at radius 2 is 0.969 bits per heavy atom. The van der Waals surface area contributed by atoms with Crippen molar-refractivity contribution in [1.82, 2.24) is 0 Å². The summed E-state index contributed by atoms with van der Waals surface area (Å²) in [4.78, 5) is 0. The zero-order chi connectivity index (χ0) is 22.3. The number of aryl methyl sites for hydroxylation is 2. The molecule has 0 amide bonds. The molecule has 4 aromatic carbocycles. The molecule has 32 heavy (non-hydrogen) atoms. The van der Waals surface area contributed by atoms with Crippen LogP contribution in [0.5, 0.6) is 5.75 Å². The van der Waals surface area contributed by atoms with E-state index in [1.165, 1.54) is 40.1 Å². The summed E-state index contributed by atoms with van der Waals surface area (Å²) in [7, 11) is 1.72. The molecule has 160 valence electrons. The van der Waals surface area contributed by atoms with Gasteiger partial charge in [-0.15, -0.1) is 0 Å². The van der Waals surface area contributed by atoms with Crippen molar-refractivity contribution in [3.63, 3.8) is 0 Å². The van der Waals surface area contributed by atoms with Gasteiger partial charge in [-0.1, -0.05) is 0 Å². The van der Waals surface area contributed by atoms with Gasteiger partial charge in [0.05, 0.1) is 0 Å². The van der Waals surface area contributed by atoms with Crippen LogP contribution >= 0.6 is 0 Å². The Balaban J connectivity index is 1.87. The third-order valence-electron chi connectivity index (χ3n) is 5.08. The first-order chi connectivity index (χ1) is 15.6. The van der Waals surface area contributed by atoms with E-state index >= 15 is 0 Å². The van der Waals surface area contributed by atoms with E-state index < -0.39 is 0 Å². The number of rotatable bonds is 7. The SMILES string of the molecule is COc1ccc(/C([Se]c2ccc(C)cc2)=C(\[Se]c2ccc(C)cc2)c2ccccc2)cc1. The minimum atomic E-state index is 0.180. The Kier molecular flexibility index (Phi) is 7.68. The van der Waals surface area contributed by atoms with Crippen LogP contribution in [0.3, 0.4) is 0 Å². The topological polar surface area (TPSA) is 9.23 Å². The molecule has 0 N–H and O–H groups in total. The Morgan fingerprint density at radius 1 is 0.531 bits per heavy atom. The zero-order valence-electron chi connectivity index (χ0n) is 18.5. The number of hydrogen-bond donors (Lipinski definition) is 0. The minimum absolute atomic E-state index is 0.180. The molecule has 0 radical (unpaired) electrons. The molecule has 3 heteroatoms. The summed E-state index contributed by atoms with van der Waals surface area (Å²) in [6.45, 7) is 4.29. The summed E-state index contributed by atoms with van der Waals surface area (Å²) >= 11 is 0.372. The van der Waals surface area contributed by atoms with Crippen molar-refractivity contribution < 1.29 is 4.74 Å². The summed E-state index contributed by atoms with van der Waals surface area (Å²) < 4.78 is 11.1. The molecule has 0 spiro atoms.